The van der Waals surface area contributed by atoms with Crippen LogP contribution in [0.4, 0.5) is 0 Å². The molecule has 0 unspecified atom stereocenters. The molecule has 0 amide bonds. The third kappa shape index (κ3) is 58.5. The van der Waals surface area contributed by atoms with Crippen LogP contribution in [0.3, 0.4) is 0 Å². The number of carbonyl (C=O) groups is 3. The second-order valence-electron chi connectivity index (χ2n) is 27.1. The third-order valence-electron chi connectivity index (χ3n) is 18.3. The summed E-state index contributed by atoms with van der Waals surface area (Å²) >= 11 is 5.58. The fourth-order valence-corrected chi connectivity index (χ4v) is 15.2. The van der Waals surface area contributed by atoms with E-state index < -0.39 is 35.0 Å². The van der Waals surface area contributed by atoms with E-state index in [0.29, 0.717) is 19.3 Å². The van der Waals surface area contributed by atoms with Gasteiger partial charge in [0.1, 0.15) is 19.8 Å². The minimum absolute atomic E-state index is 0.225. The fourth-order valence-electron chi connectivity index (χ4n) is 12.3. The number of ether oxygens (including phenoxy) is 3. The van der Waals surface area contributed by atoms with E-state index in [1.165, 1.54) is 327 Å². The monoisotopic (exact) mass is 1370 g/mol. The maximum atomic E-state index is 13.7. The molecule has 0 bridgehead atoms. The molecular weight excluding hydrogens is 1220 g/mol. The van der Waals surface area contributed by atoms with Crippen LogP contribution in [0.25, 0.3) is 0 Å². The predicted octanol–water partition coefficient (Wildman–Crippen LogP) is 22.3. The van der Waals surface area contributed by atoms with Gasteiger partial charge in [-0.2, -0.15) is 35.3 Å². The quantitative estimate of drug-likeness (QED) is 0.0348. The molecule has 0 N–H and O–H groups in total. The molecule has 1 aromatic rings. The van der Waals surface area contributed by atoms with Crippen molar-refractivity contribution in [1.82, 2.24) is 13.7 Å². The van der Waals surface area contributed by atoms with Crippen LogP contribution in [-0.2, 0) is 48.2 Å². The lowest BCUT2D eigenvalue weighted by Gasteiger charge is -2.14. The lowest BCUT2D eigenvalue weighted by atomic mass is 10.0. The van der Waals surface area contributed by atoms with Crippen molar-refractivity contribution in [1.29, 1.82) is 0 Å². The van der Waals surface area contributed by atoms with Gasteiger partial charge in [0.25, 0.3) is 0 Å². The van der Waals surface area contributed by atoms with Crippen molar-refractivity contribution in [3.8, 4) is 0 Å². The molecule has 0 aliphatic rings. The highest BCUT2D eigenvalue weighted by molar-refractivity contribution is 7.99. The van der Waals surface area contributed by atoms with Gasteiger partial charge >= 0.3 is 35.0 Å². The topological polar surface area (TPSA) is 145 Å². The lowest BCUT2D eigenvalue weighted by Crippen LogP contribution is -2.55. The molecule has 546 valence electrons. The zero-order chi connectivity index (χ0) is 67.2. The van der Waals surface area contributed by atoms with Crippen molar-refractivity contribution in [3.63, 3.8) is 0 Å². The SMILES string of the molecule is CCCCCCCCCCCCCCCCCCCSCCCC(=O)OCCn1c(=O)n(CCOC(=O)CCCSCCCCCCCCCCCCCCCCCCC)c(=O)n(CCOC(=O)CCCSCCCCCCCCCCCCCCCCCCC)c1=O. The van der Waals surface area contributed by atoms with E-state index in [9.17, 15) is 28.8 Å². The number of carbonyl (C=O) groups excluding carboxylic acids is 3. The van der Waals surface area contributed by atoms with Gasteiger partial charge in [-0.1, -0.05) is 329 Å². The number of unbranched alkanes of at least 4 members (excludes halogenated alkanes) is 48. The summed E-state index contributed by atoms with van der Waals surface area (Å²) in [5.41, 5.74) is -2.63. The first kappa shape index (κ1) is 88.9. The Labute approximate surface area is 584 Å². The number of nitrogens with zero attached hydrogens (tertiary/aromatic N) is 3. The molecule has 93 heavy (non-hydrogen) atoms. The highest BCUT2D eigenvalue weighted by atomic mass is 32.2. The second-order valence-corrected chi connectivity index (χ2v) is 30.8. The molecule has 12 nitrogen and oxygen atoms in total. The molecule has 1 aromatic heterocycles. The Morgan fingerprint density at radius 2 is 0.387 bits per heavy atom. The van der Waals surface area contributed by atoms with Gasteiger partial charge < -0.3 is 14.2 Å². The zero-order valence-corrected chi connectivity index (χ0v) is 63.5. The molecule has 15 heteroatoms. The van der Waals surface area contributed by atoms with E-state index >= 15 is 0 Å². The molecule has 0 fully saturated rings. The van der Waals surface area contributed by atoms with E-state index in [2.05, 4.69) is 20.8 Å². The van der Waals surface area contributed by atoms with Crippen LogP contribution in [0, 0.1) is 0 Å². The van der Waals surface area contributed by atoms with Crippen molar-refractivity contribution in [2.75, 3.05) is 54.3 Å². The Morgan fingerprint density at radius 3 is 0.559 bits per heavy atom. The molecule has 1 heterocycles. The highest BCUT2D eigenvalue weighted by Crippen LogP contribution is 2.20. The first-order chi connectivity index (χ1) is 45.8. The number of aromatic nitrogens is 3. The van der Waals surface area contributed by atoms with Crippen LogP contribution in [0.1, 0.15) is 387 Å². The van der Waals surface area contributed by atoms with Crippen LogP contribution in [0.15, 0.2) is 14.4 Å². The summed E-state index contributed by atoms with van der Waals surface area (Å²) < 4.78 is 19.1. The Hall–Kier alpha value is -2.13. The van der Waals surface area contributed by atoms with Gasteiger partial charge in [-0.3, -0.25) is 14.4 Å². The number of thioether (sulfide) groups is 3. The van der Waals surface area contributed by atoms with Crippen LogP contribution in [0.5, 0.6) is 0 Å². The van der Waals surface area contributed by atoms with E-state index in [1.54, 1.807) is 0 Å². The Bertz CT molecular complexity index is 1750. The average molecular weight is 1370 g/mol. The Balaban J connectivity index is 2.46. The van der Waals surface area contributed by atoms with Gasteiger partial charge in [-0.15, -0.1) is 0 Å². The maximum Gasteiger partial charge on any atom is 0.336 e. The van der Waals surface area contributed by atoms with E-state index in [4.69, 9.17) is 14.2 Å². The largest absolute Gasteiger partial charge is 0.464 e. The van der Waals surface area contributed by atoms with Gasteiger partial charge in [0.15, 0.2) is 0 Å². The molecular formula is C78H147N3O9S3. The van der Waals surface area contributed by atoms with Gasteiger partial charge in [-0.25, -0.2) is 28.1 Å². The first-order valence-electron chi connectivity index (χ1n) is 39.9. The average Bonchev–Trinajstić information content (AvgIpc) is 1.02. The number of esters is 3. The minimum atomic E-state index is -0.876. The number of hydrogen-bond donors (Lipinski definition) is 0. The normalized spacial score (nSPS) is 11.5. The molecule has 0 atom stereocenters. The van der Waals surface area contributed by atoms with Gasteiger partial charge in [0.05, 0.1) is 19.6 Å². The van der Waals surface area contributed by atoms with Gasteiger partial charge in [-0.05, 0) is 73.0 Å². The van der Waals surface area contributed by atoms with Crippen LogP contribution < -0.4 is 17.1 Å². The Kier molecular flexibility index (Phi) is 68.0. The van der Waals surface area contributed by atoms with Crippen molar-refractivity contribution >= 4 is 53.2 Å². The smallest absolute Gasteiger partial charge is 0.336 e. The highest BCUT2D eigenvalue weighted by Gasteiger charge is 2.18. The molecule has 0 aliphatic carbocycles. The van der Waals surface area contributed by atoms with Gasteiger partial charge in [0, 0.05) is 19.3 Å². The van der Waals surface area contributed by atoms with E-state index in [0.717, 1.165) is 48.2 Å². The minimum Gasteiger partial charge on any atom is -0.464 e. The fraction of sp³-hybridized carbons (Fsp3) is 0.923. The Morgan fingerprint density at radius 1 is 0.237 bits per heavy atom. The predicted molar refractivity (Wildman–Crippen MR) is 404 cm³/mol. The molecule has 0 saturated heterocycles. The van der Waals surface area contributed by atoms with Crippen LogP contribution >= 0.6 is 35.3 Å². The molecule has 0 spiro atoms. The molecule has 0 radical (unpaired) electrons. The van der Waals surface area contributed by atoms with Crippen molar-refractivity contribution in [2.24, 2.45) is 0 Å². The first-order valence-corrected chi connectivity index (χ1v) is 43.4. The van der Waals surface area contributed by atoms with E-state index in [-0.39, 0.29) is 58.7 Å². The summed E-state index contributed by atoms with van der Waals surface area (Å²) in [4.78, 5) is 79.5. The molecule has 0 aliphatic heterocycles. The summed E-state index contributed by atoms with van der Waals surface area (Å²) in [7, 11) is 0. The number of hydrogen-bond acceptors (Lipinski definition) is 12. The second kappa shape index (κ2) is 71.2. The maximum absolute atomic E-state index is 13.7. The van der Waals surface area contributed by atoms with E-state index in [1.807, 2.05) is 35.3 Å². The number of rotatable bonds is 75. The van der Waals surface area contributed by atoms with Gasteiger partial charge in [0.2, 0.25) is 0 Å². The molecule has 0 aromatic carbocycles. The van der Waals surface area contributed by atoms with Crippen LogP contribution in [-0.4, -0.2) is 85.9 Å². The summed E-state index contributed by atoms with van der Waals surface area (Å²) in [6.07, 6.45) is 72.0. The van der Waals surface area contributed by atoms with Crippen molar-refractivity contribution < 1.29 is 28.6 Å². The zero-order valence-electron chi connectivity index (χ0n) is 61.0. The van der Waals surface area contributed by atoms with Crippen LogP contribution in [0.2, 0.25) is 0 Å². The van der Waals surface area contributed by atoms with Crippen molar-refractivity contribution in [3.05, 3.63) is 31.5 Å². The molecule has 0 saturated carbocycles. The standard InChI is InChI=1S/C78H147N3O9S3/c1-4-7-10-13-16-19-22-25-28-31-34-37-40-43-46-49-52-67-91-70-55-58-73(82)88-64-61-79-76(85)80(62-65-89-74(83)59-56-71-92-68-53-50-47-44-41-38-35-32-29-26-23-20-17-14-11-8-5-2)78(87)81(77(79)86)63-66-90-75(84)60-57-72-93-69-54-51-48-45-42-39-36-33-30-27-24-21-18-15-12-9-6-3/h4-72H2,1-3H3. The third-order valence-corrected chi connectivity index (χ3v) is 21.8. The summed E-state index contributed by atoms with van der Waals surface area (Å²) in [5.74, 6) is 4.59. The van der Waals surface area contributed by atoms with Crippen molar-refractivity contribution in [2.45, 2.75) is 406 Å². The summed E-state index contributed by atoms with van der Waals surface area (Å²) in [5, 5.41) is 0. The molecule has 1 rings (SSSR count). The summed E-state index contributed by atoms with van der Waals surface area (Å²) in [6.45, 7) is 5.39. The summed E-state index contributed by atoms with van der Waals surface area (Å²) in [6, 6.07) is 0. The lowest BCUT2D eigenvalue weighted by molar-refractivity contribution is -0.144.